The summed E-state index contributed by atoms with van der Waals surface area (Å²) in [5.74, 6) is -0.316. The number of Topliss-reactive ketones (excluding diaryl/α,β-unsaturated/α-hetero) is 1. The first-order valence-corrected chi connectivity index (χ1v) is 10.4. The largest absolute Gasteiger partial charge is 0.360 e. The molecule has 4 aromatic rings. The molecule has 2 aromatic carbocycles. The van der Waals surface area contributed by atoms with Crippen molar-refractivity contribution in [2.45, 2.75) is 4.21 Å². The van der Waals surface area contributed by atoms with Crippen molar-refractivity contribution in [1.82, 2.24) is 9.71 Å². The number of fused-ring (bicyclic) bond motifs is 2. The molecule has 4 rings (SSSR count). The molecule has 0 aliphatic heterocycles. The Kier molecular flexibility index (Phi) is 4.32. The Morgan fingerprint density at radius 2 is 1.77 bits per heavy atom. The lowest BCUT2D eigenvalue weighted by atomic mass is 10.1. The average molecular weight is 405 g/mol. The summed E-state index contributed by atoms with van der Waals surface area (Å²) in [4.78, 5) is 15.5. The van der Waals surface area contributed by atoms with Gasteiger partial charge in [-0.15, -0.1) is 11.3 Å². The summed E-state index contributed by atoms with van der Waals surface area (Å²) < 4.78 is 28.4. The zero-order chi connectivity index (χ0) is 18.3. The molecule has 0 saturated carbocycles. The van der Waals surface area contributed by atoms with E-state index in [4.69, 9.17) is 11.6 Å². The average Bonchev–Trinajstić information content (AvgIpc) is 3.22. The van der Waals surface area contributed by atoms with Gasteiger partial charge in [0.25, 0.3) is 10.0 Å². The highest BCUT2D eigenvalue weighted by Crippen LogP contribution is 2.38. The second kappa shape index (κ2) is 6.51. The molecule has 0 atom stereocenters. The van der Waals surface area contributed by atoms with E-state index in [9.17, 15) is 13.2 Å². The predicted octanol–water partition coefficient (Wildman–Crippen LogP) is 4.20. The summed E-state index contributed by atoms with van der Waals surface area (Å²) in [5.41, 5.74) is 1.27. The normalized spacial score (nSPS) is 12.0. The number of thiophene rings is 1. The van der Waals surface area contributed by atoms with E-state index in [1.54, 1.807) is 18.3 Å². The van der Waals surface area contributed by atoms with Crippen LogP contribution in [-0.4, -0.2) is 25.7 Å². The SMILES string of the molecule is O=C(CNS(=O)(=O)c1sc2ccccc2c1Cl)c1c[nH]c2ccccc12. The van der Waals surface area contributed by atoms with Crippen molar-refractivity contribution in [3.05, 3.63) is 65.3 Å². The number of para-hydroxylation sites is 1. The summed E-state index contributed by atoms with van der Waals surface area (Å²) >= 11 is 7.32. The third-order valence-electron chi connectivity index (χ3n) is 4.06. The Hall–Kier alpha value is -2.19. The Morgan fingerprint density at radius 3 is 2.54 bits per heavy atom. The summed E-state index contributed by atoms with van der Waals surface area (Å²) in [7, 11) is -3.89. The van der Waals surface area contributed by atoms with Gasteiger partial charge in [-0.25, -0.2) is 13.1 Å². The molecule has 8 heteroatoms. The lowest BCUT2D eigenvalue weighted by Crippen LogP contribution is -2.29. The van der Waals surface area contributed by atoms with E-state index in [0.29, 0.717) is 10.9 Å². The molecular formula is C18H13ClN2O3S2. The van der Waals surface area contributed by atoms with Gasteiger partial charge in [-0.05, 0) is 12.1 Å². The Morgan fingerprint density at radius 1 is 1.08 bits per heavy atom. The van der Waals surface area contributed by atoms with Crippen LogP contribution < -0.4 is 4.72 Å². The van der Waals surface area contributed by atoms with E-state index in [1.165, 1.54) is 0 Å². The first kappa shape index (κ1) is 17.2. The van der Waals surface area contributed by atoms with E-state index < -0.39 is 10.0 Å². The number of carbonyl (C=O) groups is 1. The van der Waals surface area contributed by atoms with Gasteiger partial charge in [-0.3, -0.25) is 4.79 Å². The Bertz CT molecular complexity index is 1240. The number of halogens is 1. The van der Waals surface area contributed by atoms with Crippen molar-refractivity contribution < 1.29 is 13.2 Å². The van der Waals surface area contributed by atoms with Gasteiger partial charge in [0, 0.05) is 32.7 Å². The molecule has 26 heavy (non-hydrogen) atoms. The first-order chi connectivity index (χ1) is 12.5. The van der Waals surface area contributed by atoms with Gasteiger partial charge in [0.2, 0.25) is 0 Å². The Labute approximate surface area is 158 Å². The number of hydrogen-bond donors (Lipinski definition) is 2. The highest BCUT2D eigenvalue weighted by Gasteiger charge is 2.24. The van der Waals surface area contributed by atoms with Crippen LogP contribution in [0.3, 0.4) is 0 Å². The molecule has 0 spiro atoms. The number of aromatic amines is 1. The molecule has 0 unspecified atom stereocenters. The fraction of sp³-hybridized carbons (Fsp3) is 0.0556. The number of aromatic nitrogens is 1. The van der Waals surface area contributed by atoms with Crippen molar-refractivity contribution in [3.63, 3.8) is 0 Å². The standard InChI is InChI=1S/C18H13ClN2O3S2/c19-17-12-6-2-4-8-16(12)25-18(17)26(23,24)21-10-15(22)13-9-20-14-7-3-1-5-11(13)14/h1-9,20-21H,10H2. The van der Waals surface area contributed by atoms with Crippen LogP contribution in [0.2, 0.25) is 5.02 Å². The molecule has 0 fully saturated rings. The minimum absolute atomic E-state index is 0.0205. The fourth-order valence-electron chi connectivity index (χ4n) is 2.79. The van der Waals surface area contributed by atoms with Crippen LogP contribution in [0.25, 0.3) is 21.0 Å². The molecule has 0 bridgehead atoms. The maximum atomic E-state index is 12.6. The van der Waals surface area contributed by atoms with E-state index in [-0.39, 0.29) is 21.6 Å². The van der Waals surface area contributed by atoms with Crippen LogP contribution in [-0.2, 0) is 10.0 Å². The van der Waals surface area contributed by atoms with Gasteiger partial charge < -0.3 is 4.98 Å². The van der Waals surface area contributed by atoms with Crippen LogP contribution >= 0.6 is 22.9 Å². The number of benzene rings is 2. The summed E-state index contributed by atoms with van der Waals surface area (Å²) in [6.45, 7) is -0.339. The van der Waals surface area contributed by atoms with Gasteiger partial charge in [0.15, 0.2) is 9.99 Å². The lowest BCUT2D eigenvalue weighted by molar-refractivity contribution is 0.0998. The topological polar surface area (TPSA) is 79.0 Å². The molecule has 0 saturated heterocycles. The fourth-order valence-corrected chi connectivity index (χ4v) is 5.94. The van der Waals surface area contributed by atoms with E-state index >= 15 is 0 Å². The van der Waals surface area contributed by atoms with Crippen LogP contribution in [0.4, 0.5) is 0 Å². The molecule has 0 aliphatic carbocycles. The van der Waals surface area contributed by atoms with Gasteiger partial charge >= 0.3 is 0 Å². The third kappa shape index (κ3) is 2.93. The van der Waals surface area contributed by atoms with E-state index in [2.05, 4.69) is 9.71 Å². The highest BCUT2D eigenvalue weighted by atomic mass is 35.5. The molecule has 0 aliphatic rings. The highest BCUT2D eigenvalue weighted by molar-refractivity contribution is 7.92. The van der Waals surface area contributed by atoms with Crippen molar-refractivity contribution in [2.24, 2.45) is 0 Å². The van der Waals surface area contributed by atoms with Crippen molar-refractivity contribution >= 4 is 59.7 Å². The zero-order valence-corrected chi connectivity index (χ0v) is 15.7. The maximum Gasteiger partial charge on any atom is 0.252 e. The van der Waals surface area contributed by atoms with E-state index in [1.807, 2.05) is 36.4 Å². The number of ketones is 1. The number of nitrogens with one attached hydrogen (secondary N) is 2. The minimum atomic E-state index is -3.89. The van der Waals surface area contributed by atoms with E-state index in [0.717, 1.165) is 26.9 Å². The molecule has 2 heterocycles. The molecule has 2 aromatic heterocycles. The predicted molar refractivity (Wildman–Crippen MR) is 105 cm³/mol. The summed E-state index contributed by atoms with van der Waals surface area (Å²) in [6, 6.07) is 14.5. The summed E-state index contributed by atoms with van der Waals surface area (Å²) in [6.07, 6.45) is 1.59. The van der Waals surface area contributed by atoms with Crippen molar-refractivity contribution in [3.8, 4) is 0 Å². The maximum absolute atomic E-state index is 12.6. The lowest BCUT2D eigenvalue weighted by Gasteiger charge is -2.04. The third-order valence-corrected chi connectivity index (χ3v) is 7.77. The smallest absolute Gasteiger partial charge is 0.252 e. The number of carbonyl (C=O) groups excluding carboxylic acids is 1. The van der Waals surface area contributed by atoms with Gasteiger partial charge in [-0.2, -0.15) is 0 Å². The molecule has 0 amide bonds. The number of hydrogen-bond acceptors (Lipinski definition) is 4. The first-order valence-electron chi connectivity index (χ1n) is 7.73. The van der Waals surface area contributed by atoms with Crippen LogP contribution in [0.15, 0.2) is 58.9 Å². The van der Waals surface area contributed by atoms with Crippen LogP contribution in [0.1, 0.15) is 10.4 Å². The molecular weight excluding hydrogens is 392 g/mol. The molecule has 0 radical (unpaired) electrons. The second-order valence-corrected chi connectivity index (χ2v) is 9.09. The molecule has 5 nitrogen and oxygen atoms in total. The number of sulfonamides is 1. The van der Waals surface area contributed by atoms with Crippen LogP contribution in [0.5, 0.6) is 0 Å². The van der Waals surface area contributed by atoms with Crippen molar-refractivity contribution in [2.75, 3.05) is 6.54 Å². The van der Waals surface area contributed by atoms with Gasteiger partial charge in [0.1, 0.15) is 0 Å². The number of rotatable bonds is 5. The molecule has 132 valence electrons. The monoisotopic (exact) mass is 404 g/mol. The quantitative estimate of drug-likeness (QED) is 0.489. The van der Waals surface area contributed by atoms with Gasteiger partial charge in [-0.1, -0.05) is 48.0 Å². The van der Waals surface area contributed by atoms with Crippen molar-refractivity contribution in [1.29, 1.82) is 0 Å². The second-order valence-electron chi connectivity index (χ2n) is 5.70. The molecule has 2 N–H and O–H groups in total. The van der Waals surface area contributed by atoms with Gasteiger partial charge in [0.05, 0.1) is 11.6 Å². The zero-order valence-electron chi connectivity index (χ0n) is 13.3. The van der Waals surface area contributed by atoms with Crippen LogP contribution in [0, 0.1) is 0 Å². The number of H-pyrrole nitrogens is 1. The Balaban J connectivity index is 1.60. The summed E-state index contributed by atoms with van der Waals surface area (Å²) in [5, 5.41) is 1.62. The minimum Gasteiger partial charge on any atom is -0.360 e.